The van der Waals surface area contributed by atoms with Crippen LogP contribution in [0.2, 0.25) is 0 Å². The first kappa shape index (κ1) is 21.5. The predicted octanol–water partition coefficient (Wildman–Crippen LogP) is 1.34. The van der Waals surface area contributed by atoms with Gasteiger partial charge in [0.25, 0.3) is 0 Å². The summed E-state index contributed by atoms with van der Waals surface area (Å²) in [6.45, 7) is 13.3. The lowest BCUT2D eigenvalue weighted by molar-refractivity contribution is 0.0101. The zero-order valence-electron chi connectivity index (χ0n) is 17.6. The summed E-state index contributed by atoms with van der Waals surface area (Å²) in [6, 6.07) is 0.619. The van der Waals surface area contributed by atoms with Crippen molar-refractivity contribution in [3.63, 3.8) is 0 Å². The molecule has 158 valence electrons. The van der Waals surface area contributed by atoms with Gasteiger partial charge in [0.05, 0.1) is 12.7 Å². The Bertz CT molecular complexity index is 384. The second-order valence-corrected chi connectivity index (χ2v) is 8.63. The van der Waals surface area contributed by atoms with Crippen molar-refractivity contribution in [1.29, 1.82) is 0 Å². The normalized spacial score (nSPS) is 33.4. The Labute approximate surface area is 166 Å². The third-order valence-electron chi connectivity index (χ3n) is 6.95. The van der Waals surface area contributed by atoms with Crippen LogP contribution in [0.4, 0.5) is 0 Å². The van der Waals surface area contributed by atoms with Crippen LogP contribution in [0.15, 0.2) is 0 Å². The second kappa shape index (κ2) is 11.7. The van der Waals surface area contributed by atoms with E-state index in [1.54, 1.807) is 0 Å². The van der Waals surface area contributed by atoms with Crippen LogP contribution in [0, 0.1) is 11.8 Å². The highest BCUT2D eigenvalue weighted by molar-refractivity contribution is 4.86. The van der Waals surface area contributed by atoms with E-state index in [4.69, 9.17) is 4.74 Å². The van der Waals surface area contributed by atoms with Crippen LogP contribution in [0.3, 0.4) is 0 Å². The molecule has 3 aliphatic rings. The number of likely N-dealkylation sites (N-methyl/N-ethyl adjacent to an activating group) is 1. The van der Waals surface area contributed by atoms with Crippen LogP contribution in [0.25, 0.3) is 0 Å². The van der Waals surface area contributed by atoms with Gasteiger partial charge in [0.1, 0.15) is 6.29 Å². The number of hydrogen-bond acceptors (Lipinski definition) is 6. The Morgan fingerprint density at radius 3 is 2.19 bits per heavy atom. The molecule has 27 heavy (non-hydrogen) atoms. The Morgan fingerprint density at radius 1 is 0.889 bits per heavy atom. The number of piperidine rings is 1. The number of ether oxygens (including phenoxy) is 1. The maximum absolute atomic E-state index is 6.13. The van der Waals surface area contributed by atoms with E-state index in [0.29, 0.717) is 12.1 Å². The van der Waals surface area contributed by atoms with Gasteiger partial charge in [-0.05, 0) is 76.5 Å². The van der Waals surface area contributed by atoms with Gasteiger partial charge in [0.15, 0.2) is 0 Å². The summed E-state index contributed by atoms with van der Waals surface area (Å²) in [5.74, 6) is 1.68. The van der Waals surface area contributed by atoms with Gasteiger partial charge in [-0.2, -0.15) is 0 Å². The standard InChI is InChI=1S/C21H43N5O/c1-3-26(4-2)13-14-27-20-7-5-19(6-8-20)25-21-23-15-18(16-24-21)17-9-11-22-12-10-17/h17-25H,3-16H2,1-2H3. The Hall–Kier alpha value is -0.240. The minimum absolute atomic E-state index is 0.285. The molecule has 0 aromatic heterocycles. The average Bonchev–Trinajstić information content (AvgIpc) is 2.74. The van der Waals surface area contributed by atoms with E-state index < -0.39 is 0 Å². The molecule has 1 aliphatic carbocycles. The highest BCUT2D eigenvalue weighted by Crippen LogP contribution is 2.24. The van der Waals surface area contributed by atoms with Gasteiger partial charge >= 0.3 is 0 Å². The zero-order valence-corrected chi connectivity index (χ0v) is 17.6. The zero-order chi connectivity index (χ0) is 18.9. The molecule has 0 unspecified atom stereocenters. The lowest BCUT2D eigenvalue weighted by atomic mass is 9.84. The molecule has 0 radical (unpaired) electrons. The Balaban J connectivity index is 1.26. The first-order valence-electron chi connectivity index (χ1n) is 11.6. The molecule has 2 aliphatic heterocycles. The summed E-state index contributed by atoms with van der Waals surface area (Å²) in [7, 11) is 0. The van der Waals surface area contributed by atoms with Gasteiger partial charge in [0, 0.05) is 25.7 Å². The maximum atomic E-state index is 6.13. The van der Waals surface area contributed by atoms with Crippen LogP contribution in [-0.4, -0.2) is 75.8 Å². The molecule has 0 bridgehead atoms. The highest BCUT2D eigenvalue weighted by Gasteiger charge is 2.29. The molecule has 1 saturated carbocycles. The molecule has 0 spiro atoms. The lowest BCUT2D eigenvalue weighted by Crippen LogP contribution is -2.63. The quantitative estimate of drug-likeness (QED) is 0.484. The molecule has 0 aromatic rings. The van der Waals surface area contributed by atoms with Gasteiger partial charge < -0.3 is 15.0 Å². The highest BCUT2D eigenvalue weighted by atomic mass is 16.5. The molecule has 2 heterocycles. The fourth-order valence-corrected chi connectivity index (χ4v) is 4.97. The van der Waals surface area contributed by atoms with Gasteiger partial charge in [0.2, 0.25) is 0 Å². The number of nitrogens with one attached hydrogen (secondary N) is 4. The van der Waals surface area contributed by atoms with Gasteiger partial charge in [-0.1, -0.05) is 13.8 Å². The summed E-state index contributed by atoms with van der Waals surface area (Å²) in [5.41, 5.74) is 0. The van der Waals surface area contributed by atoms with Crippen molar-refractivity contribution >= 4 is 0 Å². The van der Waals surface area contributed by atoms with Crippen LogP contribution in [0.1, 0.15) is 52.4 Å². The van der Waals surface area contributed by atoms with E-state index in [2.05, 4.69) is 40.0 Å². The lowest BCUT2D eigenvalue weighted by Gasteiger charge is -2.40. The molecule has 3 fully saturated rings. The van der Waals surface area contributed by atoms with E-state index in [-0.39, 0.29) is 6.29 Å². The molecular formula is C21H43N5O. The predicted molar refractivity (Wildman–Crippen MR) is 112 cm³/mol. The molecule has 6 heteroatoms. The van der Waals surface area contributed by atoms with Crippen LogP contribution in [0.5, 0.6) is 0 Å². The molecule has 6 nitrogen and oxygen atoms in total. The molecule has 0 atom stereocenters. The van der Waals surface area contributed by atoms with Gasteiger partial charge in [-0.3, -0.25) is 16.0 Å². The molecule has 2 saturated heterocycles. The number of hydrogen-bond donors (Lipinski definition) is 4. The Morgan fingerprint density at radius 2 is 1.56 bits per heavy atom. The third-order valence-corrected chi connectivity index (χ3v) is 6.95. The summed E-state index contributed by atoms with van der Waals surface area (Å²) in [6.07, 6.45) is 8.28. The van der Waals surface area contributed by atoms with Crippen LogP contribution in [-0.2, 0) is 4.74 Å². The molecule has 4 N–H and O–H groups in total. The van der Waals surface area contributed by atoms with E-state index in [1.165, 1.54) is 51.6 Å². The smallest absolute Gasteiger partial charge is 0.112 e. The van der Waals surface area contributed by atoms with Crippen LogP contribution < -0.4 is 21.3 Å². The SMILES string of the molecule is CCN(CC)CCOC1CCC(NC2NCC(C3CCNCC3)CN2)CC1. The average molecular weight is 382 g/mol. The van der Waals surface area contributed by atoms with Crippen LogP contribution >= 0.6 is 0 Å². The van der Waals surface area contributed by atoms with Crippen molar-refractivity contribution in [3.05, 3.63) is 0 Å². The Kier molecular flexibility index (Phi) is 9.29. The third kappa shape index (κ3) is 6.94. The topological polar surface area (TPSA) is 60.6 Å². The van der Waals surface area contributed by atoms with E-state index >= 15 is 0 Å². The molecular weight excluding hydrogens is 338 g/mol. The number of nitrogens with zero attached hydrogens (tertiary/aromatic N) is 1. The molecule has 3 rings (SSSR count). The maximum Gasteiger partial charge on any atom is 0.112 e. The van der Waals surface area contributed by atoms with Crippen molar-refractivity contribution in [2.45, 2.75) is 70.8 Å². The number of rotatable bonds is 9. The first-order valence-corrected chi connectivity index (χ1v) is 11.6. The summed E-state index contributed by atoms with van der Waals surface area (Å²) in [5, 5.41) is 14.7. The van der Waals surface area contributed by atoms with Crippen molar-refractivity contribution in [3.8, 4) is 0 Å². The van der Waals surface area contributed by atoms with Crippen molar-refractivity contribution < 1.29 is 4.74 Å². The minimum Gasteiger partial charge on any atom is -0.377 e. The van der Waals surface area contributed by atoms with E-state index in [9.17, 15) is 0 Å². The van der Waals surface area contributed by atoms with Crippen molar-refractivity contribution in [2.75, 3.05) is 52.4 Å². The van der Waals surface area contributed by atoms with E-state index in [0.717, 1.165) is 51.2 Å². The molecule has 0 aromatic carbocycles. The summed E-state index contributed by atoms with van der Waals surface area (Å²) >= 11 is 0. The summed E-state index contributed by atoms with van der Waals surface area (Å²) in [4.78, 5) is 2.44. The minimum atomic E-state index is 0.285. The van der Waals surface area contributed by atoms with Gasteiger partial charge in [-0.15, -0.1) is 0 Å². The van der Waals surface area contributed by atoms with Crippen molar-refractivity contribution in [2.24, 2.45) is 11.8 Å². The molecule has 0 amide bonds. The monoisotopic (exact) mass is 381 g/mol. The fraction of sp³-hybridized carbons (Fsp3) is 1.00. The first-order chi connectivity index (χ1) is 13.3. The van der Waals surface area contributed by atoms with Gasteiger partial charge in [-0.25, -0.2) is 0 Å². The van der Waals surface area contributed by atoms with E-state index in [1.807, 2.05) is 0 Å². The van der Waals surface area contributed by atoms with Crippen molar-refractivity contribution in [1.82, 2.24) is 26.2 Å². The summed E-state index contributed by atoms with van der Waals surface area (Å²) < 4.78 is 6.13. The largest absolute Gasteiger partial charge is 0.377 e. The fourth-order valence-electron chi connectivity index (χ4n) is 4.97. The second-order valence-electron chi connectivity index (χ2n) is 8.63.